The van der Waals surface area contributed by atoms with Gasteiger partial charge in [0.2, 0.25) is 0 Å². The molecule has 0 unspecified atom stereocenters. The first kappa shape index (κ1) is 14.6. The topological polar surface area (TPSA) is 122 Å². The Morgan fingerprint density at radius 3 is 2.12 bits per heavy atom. The van der Waals surface area contributed by atoms with E-state index in [0.29, 0.717) is 6.61 Å². The lowest BCUT2D eigenvalue weighted by Crippen LogP contribution is -1.99. The summed E-state index contributed by atoms with van der Waals surface area (Å²) in [4.78, 5) is 4.97. The lowest BCUT2D eigenvalue weighted by Gasteiger charge is -2.03. The molecule has 0 saturated heterocycles. The second-order valence-corrected chi connectivity index (χ2v) is 3.50. The molecule has 0 heterocycles. The van der Waals surface area contributed by atoms with E-state index in [9.17, 15) is 0 Å². The highest BCUT2D eigenvalue weighted by molar-refractivity contribution is 7.79. The van der Waals surface area contributed by atoms with Gasteiger partial charge in [0, 0.05) is 5.69 Å². The third kappa shape index (κ3) is 10.7. The molecule has 0 aromatic heterocycles. The maximum absolute atomic E-state index is 8.74. The standard InChI is InChI=1S/C8H12N2O.H2O4S/c1-2-11-10-8-5-3-7(9)4-6-8;1-5(2,3)4/h3-6,10H,2,9H2,1H3;(H2,1,2,3,4). The van der Waals surface area contributed by atoms with E-state index in [2.05, 4.69) is 5.48 Å². The Morgan fingerprint density at radius 1 is 1.31 bits per heavy atom. The average molecular weight is 250 g/mol. The van der Waals surface area contributed by atoms with E-state index in [-0.39, 0.29) is 0 Å². The molecular formula is C8H14N2O5S. The maximum Gasteiger partial charge on any atom is 0.394 e. The highest BCUT2D eigenvalue weighted by Gasteiger charge is 1.88. The van der Waals surface area contributed by atoms with Crippen molar-refractivity contribution < 1.29 is 22.4 Å². The quantitative estimate of drug-likeness (QED) is 0.358. The number of nitrogen functional groups attached to an aromatic ring is 1. The third-order valence-corrected chi connectivity index (χ3v) is 1.25. The Labute approximate surface area is 93.8 Å². The first-order valence-corrected chi connectivity index (χ1v) is 5.66. The molecular weight excluding hydrogens is 236 g/mol. The molecule has 8 heteroatoms. The zero-order chi connectivity index (χ0) is 12.6. The van der Waals surface area contributed by atoms with Gasteiger partial charge in [0.05, 0.1) is 12.3 Å². The molecule has 92 valence electrons. The summed E-state index contributed by atoms with van der Waals surface area (Å²) in [6, 6.07) is 7.37. The van der Waals surface area contributed by atoms with E-state index < -0.39 is 10.4 Å². The highest BCUT2D eigenvalue weighted by atomic mass is 32.3. The number of hydrogen-bond acceptors (Lipinski definition) is 5. The number of rotatable bonds is 3. The van der Waals surface area contributed by atoms with Crippen molar-refractivity contribution in [2.45, 2.75) is 6.92 Å². The molecule has 0 saturated carbocycles. The van der Waals surface area contributed by atoms with Crippen LogP contribution in [0.2, 0.25) is 0 Å². The van der Waals surface area contributed by atoms with Crippen molar-refractivity contribution in [2.24, 2.45) is 0 Å². The maximum atomic E-state index is 8.74. The SMILES string of the molecule is CCONc1ccc(N)cc1.O=S(=O)(O)O. The molecule has 0 aliphatic heterocycles. The van der Waals surface area contributed by atoms with Crippen LogP contribution in [0.3, 0.4) is 0 Å². The summed E-state index contributed by atoms with van der Waals surface area (Å²) in [6.45, 7) is 2.56. The van der Waals surface area contributed by atoms with E-state index in [0.717, 1.165) is 11.4 Å². The normalized spacial score (nSPS) is 10.2. The van der Waals surface area contributed by atoms with Crippen LogP contribution in [0.25, 0.3) is 0 Å². The molecule has 0 aliphatic carbocycles. The number of benzene rings is 1. The van der Waals surface area contributed by atoms with E-state index in [1.54, 1.807) is 0 Å². The van der Waals surface area contributed by atoms with Gasteiger partial charge in [0.15, 0.2) is 0 Å². The van der Waals surface area contributed by atoms with Crippen LogP contribution in [-0.2, 0) is 15.2 Å². The van der Waals surface area contributed by atoms with Gasteiger partial charge in [-0.15, -0.1) is 0 Å². The summed E-state index contributed by atoms with van der Waals surface area (Å²) in [5.74, 6) is 0. The second kappa shape index (κ2) is 7.01. The van der Waals surface area contributed by atoms with E-state index in [1.807, 2.05) is 31.2 Å². The minimum atomic E-state index is -4.67. The molecule has 0 radical (unpaired) electrons. The molecule has 1 aromatic carbocycles. The summed E-state index contributed by atoms with van der Waals surface area (Å²) in [6.07, 6.45) is 0. The van der Waals surface area contributed by atoms with E-state index >= 15 is 0 Å². The van der Waals surface area contributed by atoms with Crippen LogP contribution in [-0.4, -0.2) is 24.1 Å². The number of anilines is 2. The monoisotopic (exact) mass is 250 g/mol. The fourth-order valence-electron chi connectivity index (χ4n) is 0.707. The first-order valence-electron chi connectivity index (χ1n) is 4.26. The predicted octanol–water partition coefficient (Wildman–Crippen LogP) is 0.979. The predicted molar refractivity (Wildman–Crippen MR) is 60.3 cm³/mol. The summed E-state index contributed by atoms with van der Waals surface area (Å²) in [5.41, 5.74) is 9.93. The average Bonchev–Trinajstić information content (AvgIpc) is 2.14. The third-order valence-electron chi connectivity index (χ3n) is 1.25. The fourth-order valence-corrected chi connectivity index (χ4v) is 0.707. The summed E-state index contributed by atoms with van der Waals surface area (Å²) >= 11 is 0. The highest BCUT2D eigenvalue weighted by Crippen LogP contribution is 2.09. The lowest BCUT2D eigenvalue weighted by molar-refractivity contribution is 0.210. The van der Waals surface area contributed by atoms with Crippen LogP contribution in [0.5, 0.6) is 0 Å². The Kier molecular flexibility index (Phi) is 6.42. The van der Waals surface area contributed by atoms with Gasteiger partial charge in [-0.25, -0.2) is 0 Å². The van der Waals surface area contributed by atoms with E-state index in [4.69, 9.17) is 28.1 Å². The van der Waals surface area contributed by atoms with E-state index in [1.165, 1.54) is 0 Å². The minimum absolute atomic E-state index is 0.643. The van der Waals surface area contributed by atoms with Crippen molar-refractivity contribution in [3.63, 3.8) is 0 Å². The van der Waals surface area contributed by atoms with Crippen LogP contribution in [0.15, 0.2) is 24.3 Å². The Hall–Kier alpha value is -1.35. The molecule has 1 aromatic rings. The number of nitrogens with two attached hydrogens (primary N) is 1. The zero-order valence-corrected chi connectivity index (χ0v) is 9.44. The van der Waals surface area contributed by atoms with Crippen molar-refractivity contribution in [1.82, 2.24) is 0 Å². The molecule has 0 bridgehead atoms. The molecule has 1 rings (SSSR count). The molecule has 0 fully saturated rings. The lowest BCUT2D eigenvalue weighted by atomic mass is 10.3. The Morgan fingerprint density at radius 2 is 1.75 bits per heavy atom. The Bertz CT molecular complexity index is 381. The van der Waals surface area contributed by atoms with Crippen molar-refractivity contribution in [3.05, 3.63) is 24.3 Å². The molecule has 5 N–H and O–H groups in total. The van der Waals surface area contributed by atoms with Gasteiger partial charge in [0.1, 0.15) is 0 Å². The number of nitrogens with one attached hydrogen (secondary N) is 1. The van der Waals surface area contributed by atoms with Gasteiger partial charge in [0.25, 0.3) is 0 Å². The van der Waals surface area contributed by atoms with Crippen molar-refractivity contribution in [1.29, 1.82) is 0 Å². The van der Waals surface area contributed by atoms with Crippen molar-refractivity contribution >= 4 is 21.8 Å². The van der Waals surface area contributed by atoms with Gasteiger partial charge in [-0.3, -0.25) is 19.4 Å². The molecule has 0 amide bonds. The minimum Gasteiger partial charge on any atom is -0.399 e. The van der Waals surface area contributed by atoms with Crippen LogP contribution in [0, 0.1) is 0 Å². The van der Waals surface area contributed by atoms with Gasteiger partial charge in [-0.2, -0.15) is 8.42 Å². The Balaban J connectivity index is 0.000000385. The molecule has 16 heavy (non-hydrogen) atoms. The van der Waals surface area contributed by atoms with Gasteiger partial charge in [-0.1, -0.05) is 0 Å². The molecule has 7 nitrogen and oxygen atoms in total. The second-order valence-electron chi connectivity index (χ2n) is 2.60. The van der Waals surface area contributed by atoms with Crippen LogP contribution in [0.1, 0.15) is 6.92 Å². The molecule has 0 spiro atoms. The number of hydrogen-bond donors (Lipinski definition) is 4. The van der Waals surface area contributed by atoms with Gasteiger partial charge >= 0.3 is 10.4 Å². The smallest absolute Gasteiger partial charge is 0.394 e. The largest absolute Gasteiger partial charge is 0.399 e. The zero-order valence-electron chi connectivity index (χ0n) is 8.62. The summed E-state index contributed by atoms with van der Waals surface area (Å²) in [7, 11) is -4.67. The summed E-state index contributed by atoms with van der Waals surface area (Å²) < 4.78 is 31.6. The summed E-state index contributed by atoms with van der Waals surface area (Å²) in [5, 5.41) is 0. The van der Waals surface area contributed by atoms with Crippen molar-refractivity contribution in [3.8, 4) is 0 Å². The van der Waals surface area contributed by atoms with Crippen molar-refractivity contribution in [2.75, 3.05) is 17.8 Å². The molecule has 0 aliphatic rings. The van der Waals surface area contributed by atoms with Gasteiger partial charge < -0.3 is 5.73 Å². The van der Waals surface area contributed by atoms with Crippen LogP contribution in [0.4, 0.5) is 11.4 Å². The fraction of sp³-hybridized carbons (Fsp3) is 0.250. The first-order chi connectivity index (χ1) is 7.33. The van der Waals surface area contributed by atoms with Crippen LogP contribution < -0.4 is 11.2 Å². The van der Waals surface area contributed by atoms with Crippen LogP contribution >= 0.6 is 0 Å². The molecule has 0 atom stereocenters. The van der Waals surface area contributed by atoms with Gasteiger partial charge in [-0.05, 0) is 31.2 Å².